The number of aliphatic hydroxyl groups is 2. The van der Waals surface area contributed by atoms with Gasteiger partial charge >= 0.3 is 0 Å². The Balaban J connectivity index is 0.000000168. The summed E-state index contributed by atoms with van der Waals surface area (Å²) in [6.07, 6.45) is 4.96. The minimum atomic E-state index is -0.560. The monoisotopic (exact) mass is 700 g/mol. The van der Waals surface area contributed by atoms with Gasteiger partial charge in [-0.2, -0.15) is 0 Å². The molecule has 0 saturated carbocycles. The fourth-order valence-electron chi connectivity index (χ4n) is 8.15. The molecule has 11 nitrogen and oxygen atoms in total. The van der Waals surface area contributed by atoms with Gasteiger partial charge in [0.25, 0.3) is 0 Å². The van der Waals surface area contributed by atoms with Crippen molar-refractivity contribution in [3.8, 4) is 17.2 Å². The van der Waals surface area contributed by atoms with Crippen molar-refractivity contribution in [1.82, 2.24) is 9.80 Å². The molecule has 0 unspecified atom stereocenters. The third-order valence-electron chi connectivity index (χ3n) is 10.7. The van der Waals surface area contributed by atoms with Gasteiger partial charge in [-0.15, -0.1) is 0 Å². The zero-order valence-corrected chi connectivity index (χ0v) is 29.8. The van der Waals surface area contributed by atoms with E-state index < -0.39 is 12.2 Å². The van der Waals surface area contributed by atoms with Crippen molar-refractivity contribution in [2.75, 3.05) is 58.4 Å². The van der Waals surface area contributed by atoms with Crippen LogP contribution < -0.4 is 20.5 Å². The van der Waals surface area contributed by atoms with Crippen molar-refractivity contribution in [2.24, 2.45) is 11.7 Å². The zero-order chi connectivity index (χ0) is 36.1. The van der Waals surface area contributed by atoms with Gasteiger partial charge in [0.2, 0.25) is 5.91 Å². The molecule has 7 atom stereocenters. The zero-order valence-electron chi connectivity index (χ0n) is 29.8. The van der Waals surface area contributed by atoms with Gasteiger partial charge in [-0.1, -0.05) is 48.6 Å². The summed E-state index contributed by atoms with van der Waals surface area (Å²) in [4.78, 5) is 15.4. The van der Waals surface area contributed by atoms with Crippen LogP contribution in [0.1, 0.15) is 43.1 Å². The Morgan fingerprint density at radius 2 is 1.78 bits per heavy atom. The van der Waals surface area contributed by atoms with Crippen LogP contribution in [0.3, 0.4) is 0 Å². The highest BCUT2D eigenvalue weighted by molar-refractivity contribution is 5.88. The van der Waals surface area contributed by atoms with E-state index >= 15 is 0 Å². The Morgan fingerprint density at radius 3 is 2.47 bits per heavy atom. The summed E-state index contributed by atoms with van der Waals surface area (Å²) in [6.45, 7) is 9.36. The number of hydrogen-bond acceptors (Lipinski definition) is 10. The number of likely N-dealkylation sites (N-methyl/N-ethyl adjacent to an activating group) is 1. The molecular formula is C40H52N4O7. The third kappa shape index (κ3) is 7.94. The molecule has 0 radical (unpaired) electrons. The maximum atomic E-state index is 10.8. The molecule has 51 heavy (non-hydrogen) atoms. The van der Waals surface area contributed by atoms with Crippen molar-refractivity contribution < 1.29 is 34.3 Å². The maximum absolute atomic E-state index is 10.8. The standard InChI is InChI=1S/C23H30N2O4.C9H13NO.C8H9NO2/c1-24-7-6-23-16-3-4-18(26)22(23)29-21-19(5-2-15(20(21)23)14-17(16)24)28-13-10-25-8-11-27-12-9-25;1-7(10)9(11)8-5-3-2-4-6-8;1-6(10)9-7-2-4-8(11)5-3-7/h2-5,16-18,22,26H,6-14H2,1H3;2-7,9,11H,10H2,1H3;2-5,11H,1H3,(H,9,10)/t16-,17+,18-,22-,23-;7-,9-;/m01./s1. The highest BCUT2D eigenvalue weighted by Crippen LogP contribution is 2.62. The lowest BCUT2D eigenvalue weighted by Gasteiger charge is -2.56. The van der Waals surface area contributed by atoms with Crippen LogP contribution in [-0.2, 0) is 21.4 Å². The number of aliphatic hydroxyl groups excluding tert-OH is 2. The molecule has 2 fully saturated rings. The van der Waals surface area contributed by atoms with Gasteiger partial charge in [0.05, 0.1) is 19.3 Å². The fourth-order valence-corrected chi connectivity index (χ4v) is 8.15. The van der Waals surface area contributed by atoms with Crippen molar-refractivity contribution >= 4 is 11.6 Å². The third-order valence-corrected chi connectivity index (χ3v) is 10.7. The van der Waals surface area contributed by atoms with E-state index in [9.17, 15) is 15.0 Å². The lowest BCUT2D eigenvalue weighted by Crippen LogP contribution is -2.64. The molecule has 1 amide bonds. The van der Waals surface area contributed by atoms with Crippen LogP contribution in [0.15, 0.2) is 78.9 Å². The number of benzene rings is 3. The molecule has 2 saturated heterocycles. The van der Waals surface area contributed by atoms with Gasteiger partial charge in [0.15, 0.2) is 11.5 Å². The number of aromatic hydroxyl groups is 1. The summed E-state index contributed by atoms with van der Waals surface area (Å²) in [7, 11) is 2.23. The number of piperidine rings is 1. The number of amides is 1. The van der Waals surface area contributed by atoms with Crippen LogP contribution in [0, 0.1) is 5.92 Å². The number of nitrogens with two attached hydrogens (primary N) is 1. The molecule has 3 heterocycles. The summed E-state index contributed by atoms with van der Waals surface area (Å²) in [5, 5.41) is 31.7. The molecular weight excluding hydrogens is 648 g/mol. The predicted molar refractivity (Wildman–Crippen MR) is 196 cm³/mol. The number of morpholine rings is 1. The van der Waals surface area contributed by atoms with Gasteiger partial charge in [0, 0.05) is 61.2 Å². The fraction of sp³-hybridized carbons (Fsp3) is 0.475. The number of phenols is 1. The first-order valence-corrected chi connectivity index (χ1v) is 18.0. The van der Waals surface area contributed by atoms with Crippen molar-refractivity contribution in [2.45, 2.75) is 62.5 Å². The number of carbonyl (C=O) groups excluding carboxylic acids is 1. The SMILES string of the molecule is CC(=O)Nc1ccc(O)cc1.CN1CC[C@]23c4c5ccc(OCCN6CCOCC6)c4O[C@H]2[C@@H](O)C=C[C@H]3[C@H]1C5.C[C@@H](N)[C@@H](O)c1ccccc1. The minimum Gasteiger partial charge on any atom is -0.508 e. The van der Waals surface area contributed by atoms with Crippen LogP contribution >= 0.6 is 0 Å². The second-order valence-electron chi connectivity index (χ2n) is 14.2. The van der Waals surface area contributed by atoms with E-state index in [1.54, 1.807) is 19.1 Å². The molecule has 11 heteroatoms. The van der Waals surface area contributed by atoms with E-state index in [-0.39, 0.29) is 29.2 Å². The van der Waals surface area contributed by atoms with Gasteiger partial charge in [-0.25, -0.2) is 0 Å². The molecule has 5 aliphatic rings. The Bertz CT molecular complexity index is 1650. The van der Waals surface area contributed by atoms with Crippen LogP contribution in [0.5, 0.6) is 17.2 Å². The minimum absolute atomic E-state index is 0.113. The van der Waals surface area contributed by atoms with Crippen LogP contribution in [0.25, 0.3) is 0 Å². The average Bonchev–Trinajstić information content (AvgIpc) is 3.49. The molecule has 3 aromatic rings. The second kappa shape index (κ2) is 16.1. The molecule has 0 aromatic heterocycles. The summed E-state index contributed by atoms with van der Waals surface area (Å²) < 4.78 is 18.2. The summed E-state index contributed by atoms with van der Waals surface area (Å²) >= 11 is 0. The number of ether oxygens (including phenoxy) is 3. The molecule has 2 aliphatic carbocycles. The van der Waals surface area contributed by atoms with Crippen molar-refractivity contribution in [3.05, 3.63) is 95.6 Å². The number of nitrogens with zero attached hydrogens (tertiary/aromatic N) is 2. The molecule has 274 valence electrons. The molecule has 1 spiro atoms. The van der Waals surface area contributed by atoms with Gasteiger partial charge in [-0.05, 0) is 74.8 Å². The number of rotatable bonds is 7. The normalized spacial score (nSPS) is 26.9. The number of anilines is 1. The number of carbonyl (C=O) groups is 1. The van der Waals surface area contributed by atoms with E-state index in [1.165, 1.54) is 30.2 Å². The summed E-state index contributed by atoms with van der Waals surface area (Å²) in [5.74, 6) is 2.20. The van der Waals surface area contributed by atoms with Crippen LogP contribution in [-0.4, -0.2) is 108 Å². The van der Waals surface area contributed by atoms with E-state index in [0.29, 0.717) is 24.3 Å². The summed E-state index contributed by atoms with van der Waals surface area (Å²) in [6, 6.07) is 20.3. The highest BCUT2D eigenvalue weighted by atomic mass is 16.5. The maximum Gasteiger partial charge on any atom is 0.221 e. The van der Waals surface area contributed by atoms with Gasteiger partial charge < -0.3 is 45.5 Å². The van der Waals surface area contributed by atoms with E-state index in [1.807, 2.05) is 36.4 Å². The molecule has 8 rings (SSSR count). The molecule has 3 aromatic carbocycles. The molecule has 6 N–H and O–H groups in total. The number of likely N-dealkylation sites (tertiary alicyclic amines) is 1. The first-order valence-electron chi connectivity index (χ1n) is 18.0. The molecule has 3 aliphatic heterocycles. The Labute approximate surface area is 300 Å². The number of hydrogen-bond donors (Lipinski definition) is 5. The molecule has 2 bridgehead atoms. The number of nitrogens with one attached hydrogen (secondary N) is 1. The van der Waals surface area contributed by atoms with Crippen molar-refractivity contribution in [3.63, 3.8) is 0 Å². The Hall–Kier alpha value is -3.97. The highest BCUT2D eigenvalue weighted by Gasteiger charge is 2.64. The number of phenolic OH excluding ortho intramolecular Hbond substituents is 1. The van der Waals surface area contributed by atoms with E-state index in [4.69, 9.17) is 25.1 Å². The Morgan fingerprint density at radius 1 is 1.06 bits per heavy atom. The topological polar surface area (TPSA) is 150 Å². The average molecular weight is 701 g/mol. The summed E-state index contributed by atoms with van der Waals surface area (Å²) in [5.41, 5.74) is 9.67. The quantitative estimate of drug-likeness (QED) is 0.183. The van der Waals surface area contributed by atoms with Crippen LogP contribution in [0.2, 0.25) is 0 Å². The van der Waals surface area contributed by atoms with Crippen LogP contribution in [0.4, 0.5) is 5.69 Å². The largest absolute Gasteiger partial charge is 0.508 e. The lowest BCUT2D eigenvalue weighted by atomic mass is 9.53. The van der Waals surface area contributed by atoms with Gasteiger partial charge in [-0.3, -0.25) is 9.69 Å². The lowest BCUT2D eigenvalue weighted by molar-refractivity contribution is -0.114. The second-order valence-corrected chi connectivity index (χ2v) is 14.2. The van der Waals surface area contributed by atoms with E-state index in [2.05, 4.69) is 40.4 Å². The van der Waals surface area contributed by atoms with Gasteiger partial charge in [0.1, 0.15) is 24.6 Å². The smallest absolute Gasteiger partial charge is 0.221 e. The Kier molecular flexibility index (Phi) is 11.7. The first-order chi connectivity index (χ1) is 24.6. The predicted octanol–water partition coefficient (Wildman–Crippen LogP) is 3.62. The van der Waals surface area contributed by atoms with E-state index in [0.717, 1.165) is 69.3 Å². The first kappa shape index (κ1) is 36.8. The van der Waals surface area contributed by atoms with Crippen molar-refractivity contribution in [1.29, 1.82) is 0 Å².